The molecule has 1 fully saturated rings. The van der Waals surface area contributed by atoms with Crippen molar-refractivity contribution in [2.75, 3.05) is 0 Å². The maximum Gasteiger partial charge on any atom is 0.134 e. The van der Waals surface area contributed by atoms with Gasteiger partial charge in [-0.2, -0.15) is 0 Å². The third kappa shape index (κ3) is 1.13. The molecule has 1 saturated carbocycles. The van der Waals surface area contributed by atoms with Gasteiger partial charge in [0.15, 0.2) is 0 Å². The van der Waals surface area contributed by atoms with E-state index >= 15 is 0 Å². The van der Waals surface area contributed by atoms with Gasteiger partial charge in [0, 0.05) is 18.8 Å². The molecule has 0 aromatic heterocycles. The molecule has 0 aromatic rings. The van der Waals surface area contributed by atoms with Gasteiger partial charge in [0.05, 0.1) is 0 Å². The number of ketones is 1. The summed E-state index contributed by atoms with van der Waals surface area (Å²) in [6, 6.07) is 0. The number of hydrogen-bond acceptors (Lipinski definition) is 1. The molecule has 1 nitrogen and oxygen atoms in total. The normalized spacial score (nSPS) is 34.4. The number of Topliss-reactive ketones (excluding diaryl/α,β-unsaturated/α-hetero) is 1. The van der Waals surface area contributed by atoms with Crippen molar-refractivity contribution < 1.29 is 4.79 Å². The van der Waals surface area contributed by atoms with E-state index in [1.807, 2.05) is 6.92 Å². The van der Waals surface area contributed by atoms with Crippen LogP contribution in [0.1, 0.15) is 19.8 Å². The van der Waals surface area contributed by atoms with Crippen LogP contribution in [0.15, 0.2) is 0 Å². The minimum atomic E-state index is 0.220. The summed E-state index contributed by atoms with van der Waals surface area (Å²) in [5.74, 6) is 3.59. The summed E-state index contributed by atoms with van der Waals surface area (Å²) in [5.41, 5.74) is 0. The van der Waals surface area contributed by atoms with Crippen molar-refractivity contribution in [3.8, 4) is 12.3 Å². The zero-order valence-corrected chi connectivity index (χ0v) is 5.55. The van der Waals surface area contributed by atoms with Crippen LogP contribution in [0.25, 0.3) is 0 Å². The molecule has 2 atom stereocenters. The number of rotatable bonds is 0. The smallest absolute Gasteiger partial charge is 0.134 e. The van der Waals surface area contributed by atoms with Crippen LogP contribution in [0.4, 0.5) is 0 Å². The maximum atomic E-state index is 10.7. The molecule has 0 amide bonds. The molecular formula is C8H10O. The first-order chi connectivity index (χ1) is 4.24. The van der Waals surface area contributed by atoms with Crippen molar-refractivity contribution in [1.29, 1.82) is 0 Å². The van der Waals surface area contributed by atoms with Crippen molar-refractivity contribution >= 4 is 5.78 Å². The van der Waals surface area contributed by atoms with Gasteiger partial charge in [-0.1, -0.05) is 6.92 Å². The third-order valence-corrected chi connectivity index (χ3v) is 1.90. The summed E-state index contributed by atoms with van der Waals surface area (Å²) in [4.78, 5) is 10.7. The monoisotopic (exact) mass is 122 g/mol. The Morgan fingerprint density at radius 2 is 2.33 bits per heavy atom. The second-order valence-electron chi connectivity index (χ2n) is 2.70. The number of carbonyl (C=O) groups is 1. The number of terminal acetylenes is 1. The number of carbonyl (C=O) groups excluding carboxylic acids is 1. The molecule has 1 rings (SSSR count). The lowest BCUT2D eigenvalue weighted by atomic mass is 10.00. The van der Waals surface area contributed by atoms with E-state index < -0.39 is 0 Å². The van der Waals surface area contributed by atoms with E-state index in [1.54, 1.807) is 0 Å². The van der Waals surface area contributed by atoms with Gasteiger partial charge in [-0.15, -0.1) is 12.3 Å². The third-order valence-electron chi connectivity index (χ3n) is 1.90. The number of hydrogen-bond donors (Lipinski definition) is 0. The van der Waals surface area contributed by atoms with Gasteiger partial charge in [-0.3, -0.25) is 4.79 Å². The Hall–Kier alpha value is -0.770. The molecule has 0 bridgehead atoms. The summed E-state index contributed by atoms with van der Waals surface area (Å²) >= 11 is 0. The van der Waals surface area contributed by atoms with Gasteiger partial charge in [0.2, 0.25) is 0 Å². The highest BCUT2D eigenvalue weighted by molar-refractivity contribution is 5.81. The van der Waals surface area contributed by atoms with E-state index in [4.69, 9.17) is 6.42 Å². The fourth-order valence-electron chi connectivity index (χ4n) is 1.25. The first-order valence-electron chi connectivity index (χ1n) is 3.22. The molecule has 48 valence electrons. The maximum absolute atomic E-state index is 10.7. The molecule has 0 heterocycles. The highest BCUT2D eigenvalue weighted by atomic mass is 16.1. The first-order valence-corrected chi connectivity index (χ1v) is 3.22. The molecule has 9 heavy (non-hydrogen) atoms. The van der Waals surface area contributed by atoms with E-state index in [1.165, 1.54) is 0 Å². The van der Waals surface area contributed by atoms with Crippen LogP contribution in [0.5, 0.6) is 0 Å². The summed E-state index contributed by atoms with van der Waals surface area (Å²) in [6.07, 6.45) is 6.48. The fraction of sp³-hybridized carbons (Fsp3) is 0.625. The van der Waals surface area contributed by atoms with Crippen LogP contribution in [0.3, 0.4) is 0 Å². The van der Waals surface area contributed by atoms with Crippen molar-refractivity contribution in [1.82, 2.24) is 0 Å². The lowest BCUT2D eigenvalue weighted by Crippen LogP contribution is -1.98. The van der Waals surface area contributed by atoms with Crippen LogP contribution in [-0.2, 0) is 4.79 Å². The van der Waals surface area contributed by atoms with E-state index in [0.717, 1.165) is 0 Å². The van der Waals surface area contributed by atoms with Crippen molar-refractivity contribution in [2.24, 2.45) is 11.8 Å². The Balaban J connectivity index is 2.60. The zero-order chi connectivity index (χ0) is 6.85. The summed E-state index contributed by atoms with van der Waals surface area (Å²) in [6.45, 7) is 2.04. The molecule has 1 heteroatoms. The van der Waals surface area contributed by atoms with Crippen LogP contribution < -0.4 is 0 Å². The molecule has 0 aliphatic heterocycles. The second kappa shape index (κ2) is 2.23. The Labute approximate surface area is 55.4 Å². The molecule has 0 aromatic carbocycles. The van der Waals surface area contributed by atoms with Crippen LogP contribution in [0.2, 0.25) is 0 Å². The van der Waals surface area contributed by atoms with E-state index in [2.05, 4.69) is 5.92 Å². The molecule has 1 aliphatic rings. The van der Waals surface area contributed by atoms with Gasteiger partial charge >= 0.3 is 0 Å². The quantitative estimate of drug-likeness (QED) is 0.442. The predicted molar refractivity (Wildman–Crippen MR) is 35.7 cm³/mol. The topological polar surface area (TPSA) is 17.1 Å². The fourth-order valence-corrected chi connectivity index (χ4v) is 1.25. The van der Waals surface area contributed by atoms with Crippen molar-refractivity contribution in [3.05, 3.63) is 0 Å². The standard InChI is InChI=1S/C8H10O/c1-3-7-5-8(9)4-6(7)2/h1,6-7H,4-5H2,2H3. The summed E-state index contributed by atoms with van der Waals surface area (Å²) in [5, 5.41) is 0. The Morgan fingerprint density at radius 3 is 2.56 bits per heavy atom. The molecular weight excluding hydrogens is 112 g/mol. The Kier molecular flexibility index (Phi) is 1.57. The largest absolute Gasteiger partial charge is 0.300 e. The molecule has 0 N–H and O–H groups in total. The minimum absolute atomic E-state index is 0.220. The minimum Gasteiger partial charge on any atom is -0.300 e. The van der Waals surface area contributed by atoms with E-state index in [-0.39, 0.29) is 5.92 Å². The Bertz CT molecular complexity index is 164. The molecule has 2 unspecified atom stereocenters. The van der Waals surface area contributed by atoms with Crippen LogP contribution in [0, 0.1) is 24.2 Å². The van der Waals surface area contributed by atoms with Crippen LogP contribution >= 0.6 is 0 Å². The van der Waals surface area contributed by atoms with Crippen molar-refractivity contribution in [2.45, 2.75) is 19.8 Å². The highest BCUT2D eigenvalue weighted by Crippen LogP contribution is 2.27. The lowest BCUT2D eigenvalue weighted by Gasteiger charge is -2.03. The Morgan fingerprint density at radius 1 is 1.67 bits per heavy atom. The van der Waals surface area contributed by atoms with Gasteiger partial charge in [0.1, 0.15) is 5.78 Å². The zero-order valence-electron chi connectivity index (χ0n) is 5.55. The molecule has 0 saturated heterocycles. The second-order valence-corrected chi connectivity index (χ2v) is 2.70. The first kappa shape index (κ1) is 6.35. The molecule has 0 spiro atoms. The van der Waals surface area contributed by atoms with E-state index in [0.29, 0.717) is 24.5 Å². The van der Waals surface area contributed by atoms with Gasteiger partial charge in [0.25, 0.3) is 0 Å². The lowest BCUT2D eigenvalue weighted by molar-refractivity contribution is -0.117. The highest BCUT2D eigenvalue weighted by Gasteiger charge is 2.27. The van der Waals surface area contributed by atoms with Gasteiger partial charge in [-0.05, 0) is 5.92 Å². The summed E-state index contributed by atoms with van der Waals surface area (Å²) < 4.78 is 0. The van der Waals surface area contributed by atoms with E-state index in [9.17, 15) is 4.79 Å². The van der Waals surface area contributed by atoms with Crippen molar-refractivity contribution in [3.63, 3.8) is 0 Å². The van der Waals surface area contributed by atoms with Crippen LogP contribution in [-0.4, -0.2) is 5.78 Å². The SMILES string of the molecule is C#CC1CC(=O)CC1C. The van der Waals surface area contributed by atoms with Gasteiger partial charge in [-0.25, -0.2) is 0 Å². The average Bonchev–Trinajstić information content (AvgIpc) is 2.10. The van der Waals surface area contributed by atoms with Gasteiger partial charge < -0.3 is 0 Å². The summed E-state index contributed by atoms with van der Waals surface area (Å²) in [7, 11) is 0. The molecule has 1 aliphatic carbocycles. The average molecular weight is 122 g/mol. The predicted octanol–water partition coefficient (Wildman–Crippen LogP) is 1.23. The molecule has 0 radical (unpaired) electrons.